The second-order valence-electron chi connectivity index (χ2n) is 6.28. The fourth-order valence-electron chi connectivity index (χ4n) is 3.35. The van der Waals surface area contributed by atoms with Gasteiger partial charge in [0.05, 0.1) is 24.8 Å². The summed E-state index contributed by atoms with van der Waals surface area (Å²) in [6.45, 7) is 2.24. The molecule has 1 aliphatic rings. The zero-order valence-corrected chi connectivity index (χ0v) is 14.7. The highest BCUT2D eigenvalue weighted by Gasteiger charge is 2.39. The number of fused-ring (bicyclic) bond motifs is 1. The van der Waals surface area contributed by atoms with Gasteiger partial charge in [0.15, 0.2) is 0 Å². The molecule has 1 aromatic carbocycles. The predicted octanol–water partition coefficient (Wildman–Crippen LogP) is 0.573. The maximum atomic E-state index is 11.8. The number of nitrogens with one attached hydrogen (secondary N) is 1. The number of hydrogen-bond acceptors (Lipinski definition) is 6. The van der Waals surface area contributed by atoms with Crippen molar-refractivity contribution < 1.29 is 19.1 Å². The van der Waals surface area contributed by atoms with Crippen LogP contribution in [-0.4, -0.2) is 42.6 Å². The van der Waals surface area contributed by atoms with Gasteiger partial charge in [-0.15, -0.1) is 0 Å². The van der Waals surface area contributed by atoms with Crippen molar-refractivity contribution in [1.82, 2.24) is 10.3 Å². The van der Waals surface area contributed by atoms with Gasteiger partial charge in [-0.1, -0.05) is 6.92 Å². The van der Waals surface area contributed by atoms with E-state index in [9.17, 15) is 9.59 Å². The Morgan fingerprint density at radius 3 is 2.81 bits per heavy atom. The van der Waals surface area contributed by atoms with Gasteiger partial charge in [0.25, 0.3) is 5.91 Å². The molecule has 0 aliphatic carbocycles. The van der Waals surface area contributed by atoms with Gasteiger partial charge in [-0.05, 0) is 30.0 Å². The molecule has 0 radical (unpaired) electrons. The van der Waals surface area contributed by atoms with Crippen molar-refractivity contribution in [1.29, 1.82) is 0 Å². The number of pyridine rings is 1. The Balaban J connectivity index is 1.89. The molecule has 0 unspecified atom stereocenters. The van der Waals surface area contributed by atoms with Crippen LogP contribution in [-0.2, 0) is 4.79 Å². The first kappa shape index (κ1) is 17.9. The van der Waals surface area contributed by atoms with E-state index in [1.165, 1.54) is 7.11 Å². The molecule has 3 rings (SSSR count). The third-order valence-electron chi connectivity index (χ3n) is 4.79. The normalized spacial score (nSPS) is 22.3. The highest BCUT2D eigenvalue weighted by molar-refractivity contribution is 6.01. The number of methoxy groups -OCH3 is 1. The number of aromatic nitrogens is 1. The Bertz CT molecular complexity index is 854. The topological polar surface area (TPSA) is 130 Å². The number of carbonyl (C=O) groups is 2. The summed E-state index contributed by atoms with van der Waals surface area (Å²) in [5.74, 6) is 0.0147. The molecule has 3 atom stereocenters. The summed E-state index contributed by atoms with van der Waals surface area (Å²) in [7, 11) is 1.46. The number of nitrogens with two attached hydrogens (primary N) is 2. The average Bonchev–Trinajstić information content (AvgIpc) is 2.91. The molecular weight excluding hydrogens is 336 g/mol. The Morgan fingerprint density at radius 2 is 2.15 bits per heavy atom. The van der Waals surface area contributed by atoms with Crippen molar-refractivity contribution in [3.05, 3.63) is 30.0 Å². The summed E-state index contributed by atoms with van der Waals surface area (Å²) in [5, 5.41) is 4.31. The lowest BCUT2D eigenvalue weighted by atomic mass is 9.94. The van der Waals surface area contributed by atoms with Crippen LogP contribution in [0.3, 0.4) is 0 Å². The molecule has 2 heterocycles. The molecule has 0 saturated carbocycles. The largest absolute Gasteiger partial charge is 0.496 e. The van der Waals surface area contributed by atoms with E-state index < -0.39 is 11.9 Å². The highest BCUT2D eigenvalue weighted by atomic mass is 16.5. The number of carbonyl (C=O) groups excluding carboxylic acids is 2. The first-order valence-corrected chi connectivity index (χ1v) is 8.41. The van der Waals surface area contributed by atoms with Crippen molar-refractivity contribution in [2.45, 2.75) is 25.4 Å². The summed E-state index contributed by atoms with van der Waals surface area (Å²) in [4.78, 5) is 27.6. The fourth-order valence-corrected chi connectivity index (χ4v) is 3.35. The van der Waals surface area contributed by atoms with Crippen molar-refractivity contribution in [2.24, 2.45) is 17.4 Å². The monoisotopic (exact) mass is 358 g/mol. The van der Waals surface area contributed by atoms with Crippen molar-refractivity contribution in [2.75, 3.05) is 13.7 Å². The van der Waals surface area contributed by atoms with Gasteiger partial charge in [-0.3, -0.25) is 9.59 Å². The van der Waals surface area contributed by atoms with Gasteiger partial charge in [-0.25, -0.2) is 4.98 Å². The van der Waals surface area contributed by atoms with Crippen LogP contribution in [0.5, 0.6) is 11.6 Å². The van der Waals surface area contributed by atoms with Gasteiger partial charge < -0.3 is 26.3 Å². The van der Waals surface area contributed by atoms with Crippen LogP contribution in [0.15, 0.2) is 24.4 Å². The standard InChI is InChI=1S/C18H22N4O4/c1-3-10-13(22-17(24)15(10)19)8-26-18-11-7-14(25-2)12(16(20)23)6-9(11)4-5-21-18/h4-7,10,13,15H,3,8,19H2,1-2H3,(H2,20,23)(H,22,24)/t10-,13+,15-/m0/s1. The molecule has 0 bridgehead atoms. The molecule has 1 fully saturated rings. The smallest absolute Gasteiger partial charge is 0.252 e. The van der Waals surface area contributed by atoms with E-state index >= 15 is 0 Å². The van der Waals surface area contributed by atoms with Gasteiger partial charge >= 0.3 is 0 Å². The predicted molar refractivity (Wildman–Crippen MR) is 96.0 cm³/mol. The number of rotatable bonds is 6. The minimum Gasteiger partial charge on any atom is -0.496 e. The molecule has 2 amide bonds. The van der Waals surface area contributed by atoms with Crippen LogP contribution in [0.2, 0.25) is 0 Å². The van der Waals surface area contributed by atoms with Crippen LogP contribution in [0, 0.1) is 5.92 Å². The maximum absolute atomic E-state index is 11.8. The molecule has 138 valence electrons. The molecule has 0 spiro atoms. The molecule has 8 nitrogen and oxygen atoms in total. The van der Waals surface area contributed by atoms with E-state index in [1.54, 1.807) is 24.4 Å². The van der Waals surface area contributed by atoms with Gasteiger partial charge in [0.1, 0.15) is 12.4 Å². The summed E-state index contributed by atoms with van der Waals surface area (Å²) in [6.07, 6.45) is 2.36. The first-order valence-electron chi connectivity index (χ1n) is 8.41. The highest BCUT2D eigenvalue weighted by Crippen LogP contribution is 2.31. The lowest BCUT2D eigenvalue weighted by molar-refractivity contribution is -0.120. The van der Waals surface area contributed by atoms with Crippen LogP contribution in [0.1, 0.15) is 23.7 Å². The average molecular weight is 358 g/mol. The van der Waals surface area contributed by atoms with E-state index in [0.29, 0.717) is 17.0 Å². The van der Waals surface area contributed by atoms with Crippen LogP contribution >= 0.6 is 0 Å². The van der Waals surface area contributed by atoms with Gasteiger partial charge in [0.2, 0.25) is 11.8 Å². The summed E-state index contributed by atoms with van der Waals surface area (Å²) in [6, 6.07) is 4.39. The van der Waals surface area contributed by atoms with Gasteiger partial charge in [-0.2, -0.15) is 0 Å². The zero-order valence-electron chi connectivity index (χ0n) is 14.7. The lowest BCUT2D eigenvalue weighted by Gasteiger charge is -2.20. The quantitative estimate of drug-likeness (QED) is 0.692. The minimum atomic E-state index is -0.573. The lowest BCUT2D eigenvalue weighted by Crippen LogP contribution is -2.35. The first-order chi connectivity index (χ1) is 12.5. The molecule has 2 aromatic rings. The number of nitrogens with zero attached hydrogens (tertiary/aromatic N) is 1. The third kappa shape index (κ3) is 3.15. The summed E-state index contributed by atoms with van der Waals surface area (Å²) in [5.41, 5.74) is 11.6. The number of primary amides is 1. The van der Waals surface area contributed by atoms with Crippen molar-refractivity contribution in [3.63, 3.8) is 0 Å². The zero-order chi connectivity index (χ0) is 18.8. The molecule has 1 saturated heterocycles. The summed E-state index contributed by atoms with van der Waals surface area (Å²) < 4.78 is 11.1. The number of amides is 2. The number of hydrogen-bond donors (Lipinski definition) is 3. The SMILES string of the molecule is CC[C@@H]1[C@H](N)C(=O)N[C@@H]1COc1nccc2cc(C(N)=O)c(OC)cc12. The molecule has 5 N–H and O–H groups in total. The molecular formula is C18H22N4O4. The second kappa shape index (κ2) is 7.17. The molecule has 1 aromatic heterocycles. The maximum Gasteiger partial charge on any atom is 0.252 e. The third-order valence-corrected chi connectivity index (χ3v) is 4.79. The van der Waals surface area contributed by atoms with Crippen LogP contribution < -0.4 is 26.3 Å². The van der Waals surface area contributed by atoms with Crippen molar-refractivity contribution in [3.8, 4) is 11.6 Å². The van der Waals surface area contributed by atoms with E-state index in [0.717, 1.165) is 11.8 Å². The molecule has 1 aliphatic heterocycles. The summed E-state index contributed by atoms with van der Waals surface area (Å²) >= 11 is 0. The Morgan fingerprint density at radius 1 is 1.38 bits per heavy atom. The molecule has 26 heavy (non-hydrogen) atoms. The van der Waals surface area contributed by atoms with E-state index in [4.69, 9.17) is 20.9 Å². The van der Waals surface area contributed by atoms with E-state index in [1.807, 2.05) is 6.92 Å². The second-order valence-corrected chi connectivity index (χ2v) is 6.28. The number of ether oxygens (including phenoxy) is 2. The fraction of sp³-hybridized carbons (Fsp3) is 0.389. The number of benzene rings is 1. The van der Waals surface area contributed by atoms with Crippen LogP contribution in [0.4, 0.5) is 0 Å². The Hall–Kier alpha value is -2.87. The minimum absolute atomic E-state index is 0.00785. The Labute approximate surface area is 150 Å². The van der Waals surface area contributed by atoms with E-state index in [2.05, 4.69) is 10.3 Å². The molecule has 8 heteroatoms. The van der Waals surface area contributed by atoms with Crippen LogP contribution in [0.25, 0.3) is 10.8 Å². The Kier molecular flexibility index (Phi) is 4.94. The van der Waals surface area contributed by atoms with Crippen molar-refractivity contribution >= 4 is 22.6 Å². The van der Waals surface area contributed by atoms with Gasteiger partial charge in [0, 0.05) is 17.5 Å². The van der Waals surface area contributed by atoms with E-state index in [-0.39, 0.29) is 30.0 Å².